The van der Waals surface area contributed by atoms with Gasteiger partial charge in [0, 0.05) is 0 Å². The zero-order valence-corrected chi connectivity index (χ0v) is 5.40. The van der Waals surface area contributed by atoms with Gasteiger partial charge in [-0.15, -0.1) is 0 Å². The van der Waals surface area contributed by atoms with Gasteiger partial charge in [0.2, 0.25) is 0 Å². The normalized spacial score (nSPS) is 9.75. The fourth-order valence-electron chi connectivity index (χ4n) is 0.178. The second-order valence-corrected chi connectivity index (χ2v) is 1.39. The highest BCUT2D eigenvalue weighted by Gasteiger charge is 1.92. The first kappa shape index (κ1) is 7.56. The molecule has 3 heteroatoms. The van der Waals surface area contributed by atoms with E-state index in [2.05, 4.69) is 17.4 Å². The Morgan fingerprint density at radius 2 is 2.50 bits per heavy atom. The third-order valence-electron chi connectivity index (χ3n) is 0.453. The molecule has 0 N–H and O–H groups in total. The molecule has 0 rings (SSSR count). The summed E-state index contributed by atoms with van der Waals surface area (Å²) in [4.78, 5) is 10.2. The van der Waals surface area contributed by atoms with Gasteiger partial charge >= 0.3 is 5.97 Å². The van der Waals surface area contributed by atoms with E-state index in [1.54, 1.807) is 13.0 Å². The summed E-state index contributed by atoms with van der Waals surface area (Å²) in [6.45, 7) is 1.76. The number of rotatable bonds is 2. The average Bonchev–Trinajstić information content (AvgIpc) is 1.83. The van der Waals surface area contributed by atoms with Gasteiger partial charge in [0.1, 0.15) is 5.75 Å². The van der Waals surface area contributed by atoms with Gasteiger partial charge in [0.15, 0.2) is 0 Å². The summed E-state index contributed by atoms with van der Waals surface area (Å²) in [6.07, 6.45) is 2.94. The summed E-state index contributed by atoms with van der Waals surface area (Å²) in [5, 5.41) is 0. The van der Waals surface area contributed by atoms with Gasteiger partial charge in [0.05, 0.1) is 6.26 Å². The van der Waals surface area contributed by atoms with E-state index in [0.717, 1.165) is 0 Å². The molecule has 0 aliphatic heterocycles. The summed E-state index contributed by atoms with van der Waals surface area (Å²) in [6, 6.07) is 0. The van der Waals surface area contributed by atoms with Gasteiger partial charge in [-0.1, -0.05) is 18.7 Å². The van der Waals surface area contributed by atoms with Crippen LogP contribution in [0, 0.1) is 0 Å². The molecule has 0 aliphatic rings. The van der Waals surface area contributed by atoms with Crippen molar-refractivity contribution in [3.05, 3.63) is 12.3 Å². The van der Waals surface area contributed by atoms with Gasteiger partial charge in [0.25, 0.3) is 0 Å². The molecule has 45 valence electrons. The van der Waals surface area contributed by atoms with Crippen LogP contribution in [0.1, 0.15) is 6.92 Å². The molecule has 0 fully saturated rings. The largest absolute Gasteiger partial charge is 0.434 e. The van der Waals surface area contributed by atoms with Crippen LogP contribution in [-0.2, 0) is 9.53 Å². The number of ether oxygens (including phenoxy) is 1. The lowest BCUT2D eigenvalue weighted by Gasteiger charge is -1.89. The molecular formula is C5H7O2S. The van der Waals surface area contributed by atoms with Crippen molar-refractivity contribution in [1.82, 2.24) is 0 Å². The number of carbonyl (C=O) groups excluding carboxylic acids is 1. The fraction of sp³-hybridized carbons (Fsp3) is 0.400. The monoisotopic (exact) mass is 131 g/mol. The number of hydrogen-bond donors (Lipinski definition) is 0. The first-order valence-corrected chi connectivity index (χ1v) is 2.77. The molecule has 0 heterocycles. The number of esters is 1. The van der Waals surface area contributed by atoms with E-state index in [9.17, 15) is 4.79 Å². The quantitative estimate of drug-likeness (QED) is 0.416. The summed E-state index contributed by atoms with van der Waals surface area (Å²) in [5.74, 6) is -0.359. The number of allylic oxidation sites excluding steroid dienone is 1. The smallest absolute Gasteiger partial charge is 0.321 e. The molecule has 8 heavy (non-hydrogen) atoms. The van der Waals surface area contributed by atoms with E-state index in [4.69, 9.17) is 0 Å². The zero-order chi connectivity index (χ0) is 6.41. The van der Waals surface area contributed by atoms with Crippen LogP contribution < -0.4 is 0 Å². The Morgan fingerprint density at radius 1 is 1.88 bits per heavy atom. The third kappa shape index (κ3) is 3.74. The number of hydrogen-bond acceptors (Lipinski definition) is 2. The maximum Gasteiger partial charge on any atom is 0.321 e. The molecule has 2 nitrogen and oxygen atoms in total. The Kier molecular flexibility index (Phi) is 4.45. The Labute approximate surface area is 53.9 Å². The Bertz CT molecular complexity index is 98.6. The molecule has 0 saturated heterocycles. The fourth-order valence-corrected chi connectivity index (χ4v) is 0.246. The second kappa shape index (κ2) is 4.71. The molecule has 0 atom stereocenters. The van der Waals surface area contributed by atoms with Crippen LogP contribution in [0.25, 0.3) is 0 Å². The van der Waals surface area contributed by atoms with Gasteiger partial charge in [-0.05, 0) is 6.92 Å². The lowest BCUT2D eigenvalue weighted by Crippen LogP contribution is -1.99. The van der Waals surface area contributed by atoms with Crippen LogP contribution >= 0.6 is 12.6 Å². The van der Waals surface area contributed by atoms with E-state index in [0.29, 0.717) is 0 Å². The highest BCUT2D eigenvalue weighted by molar-refractivity contribution is 7.81. The molecular weight excluding hydrogens is 124 g/mol. The molecule has 0 unspecified atom stereocenters. The van der Waals surface area contributed by atoms with Crippen molar-refractivity contribution in [2.75, 3.05) is 5.75 Å². The van der Waals surface area contributed by atoms with Gasteiger partial charge in [-0.25, -0.2) is 0 Å². The van der Waals surface area contributed by atoms with E-state index in [-0.39, 0.29) is 11.7 Å². The molecule has 0 amide bonds. The van der Waals surface area contributed by atoms with E-state index < -0.39 is 0 Å². The van der Waals surface area contributed by atoms with E-state index >= 15 is 0 Å². The maximum atomic E-state index is 10.2. The minimum atomic E-state index is -0.377. The molecule has 0 aromatic rings. The van der Waals surface area contributed by atoms with Gasteiger partial charge in [-0.3, -0.25) is 4.79 Å². The second-order valence-electron chi connectivity index (χ2n) is 1.10. The van der Waals surface area contributed by atoms with Crippen molar-refractivity contribution in [2.45, 2.75) is 6.92 Å². The lowest BCUT2D eigenvalue weighted by atomic mass is 10.7. The Morgan fingerprint density at radius 3 is 2.88 bits per heavy atom. The molecule has 0 saturated carbocycles. The van der Waals surface area contributed by atoms with Crippen LogP contribution in [0.15, 0.2) is 12.3 Å². The van der Waals surface area contributed by atoms with Crippen molar-refractivity contribution in [3.8, 4) is 0 Å². The molecule has 0 bridgehead atoms. The van der Waals surface area contributed by atoms with Gasteiger partial charge < -0.3 is 4.74 Å². The predicted molar refractivity (Wildman–Crippen MR) is 33.4 cm³/mol. The van der Waals surface area contributed by atoms with Gasteiger partial charge in [-0.2, -0.15) is 0 Å². The highest BCUT2D eigenvalue weighted by atomic mass is 32.1. The lowest BCUT2D eigenvalue weighted by molar-refractivity contribution is -0.134. The minimum absolute atomic E-state index is 0.0182. The van der Waals surface area contributed by atoms with Crippen molar-refractivity contribution >= 4 is 18.6 Å². The standard InChI is InChI=1S/C5H7O2S/c1-2-3-7-5(6)4-8/h2-3H,4H2,1H3/b3-2-. The Hall–Kier alpha value is -0.440. The predicted octanol–water partition coefficient (Wildman–Crippen LogP) is 1.26. The van der Waals surface area contributed by atoms with Crippen LogP contribution in [-0.4, -0.2) is 11.7 Å². The first-order chi connectivity index (χ1) is 3.81. The zero-order valence-electron chi connectivity index (χ0n) is 4.59. The van der Waals surface area contributed by atoms with Crippen molar-refractivity contribution in [3.63, 3.8) is 0 Å². The molecule has 0 aromatic carbocycles. The molecule has 0 aromatic heterocycles. The third-order valence-corrected chi connectivity index (χ3v) is 0.689. The van der Waals surface area contributed by atoms with Crippen LogP contribution in [0.4, 0.5) is 0 Å². The van der Waals surface area contributed by atoms with Crippen LogP contribution in [0.5, 0.6) is 0 Å². The molecule has 1 radical (unpaired) electrons. The maximum absolute atomic E-state index is 10.2. The van der Waals surface area contributed by atoms with Crippen molar-refractivity contribution in [1.29, 1.82) is 0 Å². The summed E-state index contributed by atoms with van der Waals surface area (Å²) >= 11 is 4.38. The SMILES string of the molecule is C/C=C\OC(=O)C[S]. The molecule has 0 spiro atoms. The summed E-state index contributed by atoms with van der Waals surface area (Å²) < 4.78 is 4.42. The minimum Gasteiger partial charge on any atom is -0.434 e. The number of carbonyl (C=O) groups is 1. The highest BCUT2D eigenvalue weighted by Crippen LogP contribution is 1.81. The first-order valence-electron chi connectivity index (χ1n) is 2.20. The van der Waals surface area contributed by atoms with E-state index in [1.807, 2.05) is 0 Å². The van der Waals surface area contributed by atoms with Crippen molar-refractivity contribution in [2.24, 2.45) is 0 Å². The Balaban J connectivity index is 3.25. The average molecular weight is 131 g/mol. The summed E-state index contributed by atoms with van der Waals surface area (Å²) in [7, 11) is 0. The van der Waals surface area contributed by atoms with Crippen molar-refractivity contribution < 1.29 is 9.53 Å². The van der Waals surface area contributed by atoms with Crippen LogP contribution in [0.2, 0.25) is 0 Å². The summed E-state index contributed by atoms with van der Waals surface area (Å²) in [5.41, 5.74) is 0. The van der Waals surface area contributed by atoms with Crippen LogP contribution in [0.3, 0.4) is 0 Å². The molecule has 0 aliphatic carbocycles. The van der Waals surface area contributed by atoms with E-state index in [1.165, 1.54) is 6.26 Å². The topological polar surface area (TPSA) is 26.3 Å².